The molecule has 1 rings (SSSR count). The van der Waals surface area contributed by atoms with Crippen LogP contribution in [0, 0.1) is 0 Å². The van der Waals surface area contributed by atoms with Crippen LogP contribution >= 0.6 is 0 Å². The maximum absolute atomic E-state index is 9.75. The van der Waals surface area contributed by atoms with Crippen LogP contribution in [0.15, 0.2) is 0 Å². The van der Waals surface area contributed by atoms with Crippen LogP contribution in [0.3, 0.4) is 0 Å². The summed E-state index contributed by atoms with van der Waals surface area (Å²) in [5.41, 5.74) is 0.228. The highest BCUT2D eigenvalue weighted by Gasteiger charge is 2.28. The van der Waals surface area contributed by atoms with E-state index < -0.39 is 6.10 Å². The van der Waals surface area contributed by atoms with Crippen LogP contribution in [0.25, 0.3) is 0 Å². The van der Waals surface area contributed by atoms with Crippen molar-refractivity contribution in [2.75, 3.05) is 33.0 Å². The van der Waals surface area contributed by atoms with Crippen LogP contribution in [0.4, 0.5) is 0 Å². The first-order valence-corrected chi connectivity index (χ1v) is 6.75. The van der Waals surface area contributed by atoms with Gasteiger partial charge in [-0.1, -0.05) is 12.8 Å². The second kappa shape index (κ2) is 8.03. The van der Waals surface area contributed by atoms with Crippen molar-refractivity contribution in [3.05, 3.63) is 0 Å². The van der Waals surface area contributed by atoms with E-state index >= 15 is 0 Å². The number of aliphatic hydroxyl groups excluding tert-OH is 1. The second-order valence-corrected chi connectivity index (χ2v) is 5.07. The minimum Gasteiger partial charge on any atom is -0.389 e. The van der Waals surface area contributed by atoms with Gasteiger partial charge in [-0.25, -0.2) is 0 Å². The number of rotatable bonds is 9. The van der Waals surface area contributed by atoms with Crippen molar-refractivity contribution in [2.45, 2.75) is 51.2 Å². The minimum absolute atomic E-state index is 0.228. The molecule has 0 aromatic heterocycles. The van der Waals surface area contributed by atoms with Crippen molar-refractivity contribution in [3.63, 3.8) is 0 Å². The Morgan fingerprint density at radius 2 is 1.88 bits per heavy atom. The average Bonchev–Trinajstić information content (AvgIpc) is 2.74. The lowest BCUT2D eigenvalue weighted by molar-refractivity contribution is 0.00438. The summed E-state index contributed by atoms with van der Waals surface area (Å²) < 4.78 is 10.5. The molecule has 1 aliphatic rings. The molecule has 0 saturated heterocycles. The van der Waals surface area contributed by atoms with Gasteiger partial charge in [-0.3, -0.25) is 0 Å². The van der Waals surface area contributed by atoms with Gasteiger partial charge in [-0.2, -0.15) is 0 Å². The molecule has 0 spiro atoms. The van der Waals surface area contributed by atoms with Crippen molar-refractivity contribution in [3.8, 4) is 0 Å². The van der Waals surface area contributed by atoms with Gasteiger partial charge in [0.15, 0.2) is 0 Å². The quantitative estimate of drug-likeness (QED) is 0.602. The molecule has 17 heavy (non-hydrogen) atoms. The molecule has 1 aliphatic carbocycles. The van der Waals surface area contributed by atoms with Gasteiger partial charge in [-0.15, -0.1) is 0 Å². The Labute approximate surface area is 105 Å². The Bertz CT molecular complexity index is 193. The largest absolute Gasteiger partial charge is 0.389 e. The summed E-state index contributed by atoms with van der Waals surface area (Å²) in [7, 11) is 0. The van der Waals surface area contributed by atoms with Crippen LogP contribution in [0.5, 0.6) is 0 Å². The monoisotopic (exact) mass is 245 g/mol. The van der Waals surface area contributed by atoms with E-state index in [1.54, 1.807) is 0 Å². The predicted octanol–water partition coefficient (Wildman–Crippen LogP) is 1.32. The summed E-state index contributed by atoms with van der Waals surface area (Å²) in [6.45, 7) is 7.08. The van der Waals surface area contributed by atoms with E-state index in [9.17, 15) is 5.11 Å². The SMILES string of the molecule is CCOCCOCC(O)CNC1(C)CCCC1. The molecule has 1 saturated carbocycles. The summed E-state index contributed by atoms with van der Waals surface area (Å²) in [6, 6.07) is 0. The number of aliphatic hydroxyl groups is 1. The fourth-order valence-electron chi connectivity index (χ4n) is 2.24. The lowest BCUT2D eigenvalue weighted by Gasteiger charge is -2.26. The fraction of sp³-hybridized carbons (Fsp3) is 1.00. The average molecular weight is 245 g/mol. The number of ether oxygens (including phenoxy) is 2. The third-order valence-corrected chi connectivity index (χ3v) is 3.36. The number of hydrogen-bond acceptors (Lipinski definition) is 4. The molecular formula is C13H27NO3. The van der Waals surface area contributed by atoms with Gasteiger partial charge in [0.1, 0.15) is 0 Å². The lowest BCUT2D eigenvalue weighted by atomic mass is 10.0. The van der Waals surface area contributed by atoms with Crippen molar-refractivity contribution in [1.29, 1.82) is 0 Å². The van der Waals surface area contributed by atoms with E-state index in [2.05, 4.69) is 12.2 Å². The first kappa shape index (κ1) is 14.9. The maximum Gasteiger partial charge on any atom is 0.0897 e. The van der Waals surface area contributed by atoms with Crippen molar-refractivity contribution in [2.24, 2.45) is 0 Å². The molecule has 4 nitrogen and oxygen atoms in total. The van der Waals surface area contributed by atoms with Crippen LogP contribution < -0.4 is 5.32 Å². The van der Waals surface area contributed by atoms with Gasteiger partial charge >= 0.3 is 0 Å². The van der Waals surface area contributed by atoms with Gasteiger partial charge in [0.25, 0.3) is 0 Å². The van der Waals surface area contributed by atoms with E-state index in [1.165, 1.54) is 25.7 Å². The fourth-order valence-corrected chi connectivity index (χ4v) is 2.24. The molecule has 0 aliphatic heterocycles. The highest BCUT2D eigenvalue weighted by molar-refractivity contribution is 4.88. The molecule has 2 N–H and O–H groups in total. The molecule has 0 aromatic rings. The Balaban J connectivity index is 1.99. The topological polar surface area (TPSA) is 50.7 Å². The van der Waals surface area contributed by atoms with Gasteiger partial charge in [0.2, 0.25) is 0 Å². The van der Waals surface area contributed by atoms with Gasteiger partial charge in [0.05, 0.1) is 25.9 Å². The molecule has 1 fully saturated rings. The Morgan fingerprint density at radius 3 is 2.53 bits per heavy atom. The zero-order valence-electron chi connectivity index (χ0n) is 11.2. The molecule has 0 radical (unpaired) electrons. The molecule has 102 valence electrons. The van der Waals surface area contributed by atoms with E-state index in [4.69, 9.17) is 9.47 Å². The number of hydrogen-bond donors (Lipinski definition) is 2. The molecular weight excluding hydrogens is 218 g/mol. The van der Waals surface area contributed by atoms with E-state index in [-0.39, 0.29) is 5.54 Å². The summed E-state index contributed by atoms with van der Waals surface area (Å²) >= 11 is 0. The Kier molecular flexibility index (Phi) is 7.04. The highest BCUT2D eigenvalue weighted by atomic mass is 16.5. The zero-order valence-corrected chi connectivity index (χ0v) is 11.2. The van der Waals surface area contributed by atoms with Crippen LogP contribution in [-0.2, 0) is 9.47 Å². The standard InChI is InChI=1S/C13H27NO3/c1-3-16-8-9-17-11-12(15)10-14-13(2)6-4-5-7-13/h12,14-15H,3-11H2,1-2H3. The molecule has 0 bridgehead atoms. The van der Waals surface area contributed by atoms with Crippen molar-refractivity contribution in [1.82, 2.24) is 5.32 Å². The Hall–Kier alpha value is -0.160. The van der Waals surface area contributed by atoms with Crippen LogP contribution in [0.1, 0.15) is 39.5 Å². The minimum atomic E-state index is -0.422. The summed E-state index contributed by atoms with van der Waals surface area (Å²) in [5.74, 6) is 0. The second-order valence-electron chi connectivity index (χ2n) is 5.07. The first-order valence-electron chi connectivity index (χ1n) is 6.75. The first-order chi connectivity index (χ1) is 8.16. The van der Waals surface area contributed by atoms with Gasteiger partial charge < -0.3 is 19.9 Å². The molecule has 4 heteroatoms. The van der Waals surface area contributed by atoms with E-state index in [0.717, 1.165) is 0 Å². The molecule has 1 unspecified atom stereocenters. The smallest absolute Gasteiger partial charge is 0.0897 e. The predicted molar refractivity (Wildman–Crippen MR) is 68.2 cm³/mol. The van der Waals surface area contributed by atoms with Crippen molar-refractivity contribution < 1.29 is 14.6 Å². The summed E-state index contributed by atoms with van der Waals surface area (Å²) in [6.07, 6.45) is 4.60. The molecule has 0 heterocycles. The maximum atomic E-state index is 9.75. The van der Waals surface area contributed by atoms with Gasteiger partial charge in [-0.05, 0) is 26.7 Å². The molecule has 1 atom stereocenters. The van der Waals surface area contributed by atoms with Crippen LogP contribution in [-0.4, -0.2) is 49.7 Å². The lowest BCUT2D eigenvalue weighted by Crippen LogP contribution is -2.44. The van der Waals surface area contributed by atoms with Crippen molar-refractivity contribution >= 4 is 0 Å². The van der Waals surface area contributed by atoms with E-state index in [0.29, 0.717) is 33.0 Å². The van der Waals surface area contributed by atoms with Crippen LogP contribution in [0.2, 0.25) is 0 Å². The van der Waals surface area contributed by atoms with E-state index in [1.807, 2.05) is 6.92 Å². The third kappa shape index (κ3) is 6.36. The third-order valence-electron chi connectivity index (χ3n) is 3.36. The summed E-state index contributed by atoms with van der Waals surface area (Å²) in [5, 5.41) is 13.2. The molecule has 0 amide bonds. The normalized spacial score (nSPS) is 20.6. The summed E-state index contributed by atoms with van der Waals surface area (Å²) in [4.78, 5) is 0. The number of β-amino-alcohol motifs (C(OH)–C–C–N with tert-alkyl or cyclic N) is 1. The molecule has 0 aromatic carbocycles. The highest BCUT2D eigenvalue weighted by Crippen LogP contribution is 2.28. The zero-order chi connectivity index (χ0) is 12.6. The Morgan fingerprint density at radius 1 is 1.24 bits per heavy atom. The number of nitrogens with one attached hydrogen (secondary N) is 1. The van der Waals surface area contributed by atoms with Gasteiger partial charge in [0, 0.05) is 18.7 Å².